The summed E-state index contributed by atoms with van der Waals surface area (Å²) >= 11 is 0. The second-order valence-electron chi connectivity index (χ2n) is 4.38. The van der Waals surface area contributed by atoms with Gasteiger partial charge in [0.15, 0.2) is 5.82 Å². The minimum atomic E-state index is -0.537. The van der Waals surface area contributed by atoms with Crippen LogP contribution in [-0.4, -0.2) is 22.5 Å². The second-order valence-corrected chi connectivity index (χ2v) is 4.38. The largest absolute Gasteiger partial charge is 0.438 e. The van der Waals surface area contributed by atoms with Crippen LogP contribution in [-0.2, 0) is 0 Å². The van der Waals surface area contributed by atoms with Crippen LogP contribution in [0.25, 0.3) is 5.53 Å². The van der Waals surface area contributed by atoms with Crippen molar-refractivity contribution in [3.05, 3.63) is 21.9 Å². The Balaban J connectivity index is 1.96. The average Bonchev–Trinajstić information content (AvgIpc) is 2.86. The molecule has 0 aliphatic carbocycles. The van der Waals surface area contributed by atoms with Gasteiger partial charge in [-0.2, -0.15) is 0 Å². The van der Waals surface area contributed by atoms with Gasteiger partial charge >= 0.3 is 5.76 Å². The van der Waals surface area contributed by atoms with Crippen LogP contribution in [0, 0.1) is 5.92 Å². The van der Waals surface area contributed by atoms with Crippen molar-refractivity contribution in [3.63, 3.8) is 0 Å². The van der Waals surface area contributed by atoms with Gasteiger partial charge in [-0.05, 0) is 6.92 Å². The quantitative estimate of drug-likeness (QED) is 0.636. The molecule has 0 amide bonds. The zero-order valence-corrected chi connectivity index (χ0v) is 10.0. The Kier molecular flexibility index (Phi) is 3.25. The monoisotopic (exact) mass is 240 g/mol. The standard InChI is InChI=1S/C9H16N6O2/c1-5(2)7-11-14-15(12-7)4-6(3)8-10-9(16)17-13-8/h5-6,15H,4H2,1-3H3,(H,11,12)(H,10,13,16). The molecule has 17 heavy (non-hydrogen) atoms. The molecule has 0 bridgehead atoms. The molecule has 2 rings (SSSR count). The van der Waals surface area contributed by atoms with E-state index in [1.165, 1.54) is 0 Å². The van der Waals surface area contributed by atoms with Crippen molar-refractivity contribution in [1.82, 2.24) is 15.6 Å². The molecule has 0 spiro atoms. The molecule has 1 aliphatic heterocycles. The average molecular weight is 240 g/mol. The topological polar surface area (TPSA) is 102 Å². The number of quaternary nitrogens is 1. The first-order chi connectivity index (χ1) is 8.06. The molecule has 8 heteroatoms. The normalized spacial score (nSPS) is 21.4. The van der Waals surface area contributed by atoms with Gasteiger partial charge in [0, 0.05) is 5.92 Å². The fourth-order valence-electron chi connectivity index (χ4n) is 1.48. The van der Waals surface area contributed by atoms with Crippen LogP contribution in [0.5, 0.6) is 0 Å². The summed E-state index contributed by atoms with van der Waals surface area (Å²) in [4.78, 5) is 13.3. The van der Waals surface area contributed by atoms with Gasteiger partial charge in [-0.25, -0.2) is 4.79 Å². The summed E-state index contributed by atoms with van der Waals surface area (Å²) in [5, 5.41) is 8.72. The molecule has 0 saturated heterocycles. The minimum absolute atomic E-state index is 0.0114. The van der Waals surface area contributed by atoms with E-state index < -0.39 is 5.76 Å². The maximum atomic E-state index is 10.8. The molecular weight excluding hydrogens is 224 g/mol. The van der Waals surface area contributed by atoms with Crippen molar-refractivity contribution in [2.45, 2.75) is 26.7 Å². The van der Waals surface area contributed by atoms with E-state index in [0.717, 1.165) is 5.84 Å². The maximum Gasteiger partial charge on any atom is 0.438 e. The fraction of sp³-hybridized carbons (Fsp3) is 0.667. The molecule has 0 fully saturated rings. The zero-order chi connectivity index (χ0) is 12.4. The SMILES string of the molecule is CC(C)C1=N[NH+](CC(C)c2noc(=O)[nH]2)[N-]N1. The summed E-state index contributed by atoms with van der Waals surface area (Å²) in [7, 11) is 0. The molecule has 8 nitrogen and oxygen atoms in total. The summed E-state index contributed by atoms with van der Waals surface area (Å²) in [5.74, 6) is 1.17. The molecule has 2 unspecified atom stereocenters. The van der Waals surface area contributed by atoms with E-state index in [9.17, 15) is 4.79 Å². The van der Waals surface area contributed by atoms with Crippen LogP contribution >= 0.6 is 0 Å². The molecule has 2 heterocycles. The van der Waals surface area contributed by atoms with Crippen molar-refractivity contribution in [2.24, 2.45) is 11.0 Å². The summed E-state index contributed by atoms with van der Waals surface area (Å²) in [6.45, 7) is 6.62. The Morgan fingerprint density at radius 3 is 2.76 bits per heavy atom. The number of amidine groups is 1. The highest BCUT2D eigenvalue weighted by molar-refractivity contribution is 5.84. The Hall–Kier alpha value is -1.67. The van der Waals surface area contributed by atoms with Gasteiger partial charge in [0.05, 0.1) is 5.92 Å². The van der Waals surface area contributed by atoms with Crippen LogP contribution < -0.4 is 16.3 Å². The van der Waals surface area contributed by atoms with Crippen molar-refractivity contribution in [1.29, 1.82) is 0 Å². The molecule has 2 atom stereocenters. The number of nitrogens with one attached hydrogen (secondary N) is 3. The highest BCUT2D eigenvalue weighted by Gasteiger charge is 2.19. The van der Waals surface area contributed by atoms with Crippen molar-refractivity contribution >= 4 is 5.84 Å². The van der Waals surface area contributed by atoms with E-state index >= 15 is 0 Å². The van der Waals surface area contributed by atoms with Crippen molar-refractivity contribution in [2.75, 3.05) is 6.54 Å². The zero-order valence-electron chi connectivity index (χ0n) is 10.0. The van der Waals surface area contributed by atoms with Crippen LogP contribution in [0.4, 0.5) is 0 Å². The third-order valence-electron chi connectivity index (χ3n) is 2.51. The lowest BCUT2D eigenvalue weighted by atomic mass is 10.2. The number of rotatable bonds is 4. The summed E-state index contributed by atoms with van der Waals surface area (Å²) in [6.07, 6.45) is 0. The molecule has 0 aromatic carbocycles. The van der Waals surface area contributed by atoms with Crippen LogP contribution in [0.3, 0.4) is 0 Å². The maximum absolute atomic E-state index is 10.8. The van der Waals surface area contributed by atoms with Crippen molar-refractivity contribution in [3.8, 4) is 0 Å². The summed E-state index contributed by atoms with van der Waals surface area (Å²) < 4.78 is 4.46. The summed E-state index contributed by atoms with van der Waals surface area (Å²) in [5.41, 5.74) is 7.01. The fourth-order valence-corrected chi connectivity index (χ4v) is 1.48. The van der Waals surface area contributed by atoms with Gasteiger partial charge in [-0.1, -0.05) is 24.1 Å². The van der Waals surface area contributed by atoms with Gasteiger partial charge < -0.3 is 11.0 Å². The van der Waals surface area contributed by atoms with E-state index in [1.807, 2.05) is 20.8 Å². The first kappa shape index (κ1) is 11.8. The predicted octanol–water partition coefficient (Wildman–Crippen LogP) is -0.872. The lowest BCUT2D eigenvalue weighted by Crippen LogP contribution is -3.03. The molecule has 1 aromatic heterocycles. The Labute approximate surface area is 98.0 Å². The molecule has 1 aromatic rings. The number of H-pyrrole nitrogens is 1. The van der Waals surface area contributed by atoms with Gasteiger partial charge in [-0.15, -0.1) is 0 Å². The van der Waals surface area contributed by atoms with Gasteiger partial charge in [-0.3, -0.25) is 14.6 Å². The number of nitrogens with zero attached hydrogens (tertiary/aromatic N) is 3. The Bertz CT molecular complexity index is 462. The molecule has 1 aliphatic rings. The van der Waals surface area contributed by atoms with E-state index in [0.29, 0.717) is 23.4 Å². The Morgan fingerprint density at radius 1 is 1.47 bits per heavy atom. The van der Waals surface area contributed by atoms with Crippen LogP contribution in [0.15, 0.2) is 14.4 Å². The first-order valence-electron chi connectivity index (χ1n) is 5.53. The number of hydrogen-bond acceptors (Lipinski definition) is 5. The van der Waals surface area contributed by atoms with E-state index in [4.69, 9.17) is 0 Å². The number of aromatic nitrogens is 2. The van der Waals surface area contributed by atoms with Crippen LogP contribution in [0.1, 0.15) is 32.5 Å². The predicted molar refractivity (Wildman–Crippen MR) is 60.1 cm³/mol. The van der Waals surface area contributed by atoms with E-state index in [2.05, 4.69) is 30.7 Å². The van der Waals surface area contributed by atoms with E-state index in [-0.39, 0.29) is 5.92 Å². The highest BCUT2D eigenvalue weighted by Crippen LogP contribution is 2.05. The molecule has 94 valence electrons. The molecular formula is C9H16N6O2. The number of hydrogen-bond donors (Lipinski definition) is 3. The second kappa shape index (κ2) is 4.68. The van der Waals surface area contributed by atoms with Crippen molar-refractivity contribution < 1.29 is 9.64 Å². The summed E-state index contributed by atoms with van der Waals surface area (Å²) in [6, 6.07) is 0. The Morgan fingerprint density at radius 2 is 2.24 bits per heavy atom. The minimum Gasteiger partial charge on any atom is -0.421 e. The van der Waals surface area contributed by atoms with Gasteiger partial charge in [0.1, 0.15) is 12.4 Å². The third kappa shape index (κ3) is 2.71. The smallest absolute Gasteiger partial charge is 0.421 e. The van der Waals surface area contributed by atoms with E-state index in [1.54, 1.807) is 0 Å². The van der Waals surface area contributed by atoms with Gasteiger partial charge in [0.25, 0.3) is 0 Å². The molecule has 0 radical (unpaired) electrons. The molecule has 3 N–H and O–H groups in total. The lowest BCUT2D eigenvalue weighted by Gasteiger charge is -2.20. The van der Waals surface area contributed by atoms with Gasteiger partial charge in [0.2, 0.25) is 0 Å². The third-order valence-corrected chi connectivity index (χ3v) is 2.51. The van der Waals surface area contributed by atoms with Crippen LogP contribution in [0.2, 0.25) is 0 Å². The first-order valence-corrected chi connectivity index (χ1v) is 5.53. The highest BCUT2D eigenvalue weighted by atomic mass is 16.5. The lowest BCUT2D eigenvalue weighted by molar-refractivity contribution is -0.868. The number of aromatic amines is 1. The molecule has 0 saturated carbocycles.